The lowest BCUT2D eigenvalue weighted by Gasteiger charge is -2.16. The molecule has 0 amide bonds. The van der Waals surface area contributed by atoms with E-state index in [-0.39, 0.29) is 6.10 Å². The maximum atomic E-state index is 5.52. The molecule has 7 heteroatoms. The molecule has 1 heterocycles. The summed E-state index contributed by atoms with van der Waals surface area (Å²) in [6.45, 7) is 5.66. The third-order valence-electron chi connectivity index (χ3n) is 3.28. The maximum Gasteiger partial charge on any atom is 0.189 e. The molecule has 2 rings (SSSR count). The largest absolute Gasteiger partial charge is 0.376 e. The number of ether oxygens (including phenoxy) is 1. The molecule has 1 aromatic rings. The van der Waals surface area contributed by atoms with Gasteiger partial charge in [-0.05, 0) is 74.4 Å². The summed E-state index contributed by atoms with van der Waals surface area (Å²) in [5.41, 5.74) is 9.07. The zero-order chi connectivity index (χ0) is 15.9. The quantitative estimate of drug-likeness (QED) is 0.498. The van der Waals surface area contributed by atoms with Gasteiger partial charge in [0.15, 0.2) is 10.2 Å². The summed E-state index contributed by atoms with van der Waals surface area (Å²) < 4.78 is 5.52. The van der Waals surface area contributed by atoms with Crippen molar-refractivity contribution in [2.75, 3.05) is 18.5 Å². The monoisotopic (exact) mass is 338 g/mol. The van der Waals surface area contributed by atoms with E-state index in [0.29, 0.717) is 16.8 Å². The molecule has 1 aliphatic rings. The minimum atomic E-state index is 0.250. The van der Waals surface area contributed by atoms with E-state index in [2.05, 4.69) is 41.4 Å². The Balaban J connectivity index is 1.69. The van der Waals surface area contributed by atoms with E-state index in [1.807, 2.05) is 12.1 Å². The lowest BCUT2D eigenvalue weighted by atomic mass is 10.1. The molecule has 22 heavy (non-hydrogen) atoms. The van der Waals surface area contributed by atoms with Crippen LogP contribution in [0.4, 0.5) is 5.69 Å². The molecule has 5 nitrogen and oxygen atoms in total. The van der Waals surface area contributed by atoms with Crippen LogP contribution in [0.15, 0.2) is 18.2 Å². The number of rotatable bonds is 3. The molecule has 0 aromatic heterocycles. The second-order valence-electron chi connectivity index (χ2n) is 5.43. The average Bonchev–Trinajstić information content (AvgIpc) is 2.95. The van der Waals surface area contributed by atoms with Gasteiger partial charge in [0.1, 0.15) is 0 Å². The van der Waals surface area contributed by atoms with Gasteiger partial charge >= 0.3 is 0 Å². The van der Waals surface area contributed by atoms with Crippen molar-refractivity contribution in [2.45, 2.75) is 32.8 Å². The number of benzene rings is 1. The molecule has 1 aromatic carbocycles. The fourth-order valence-electron chi connectivity index (χ4n) is 2.38. The van der Waals surface area contributed by atoms with Gasteiger partial charge < -0.3 is 15.4 Å². The fourth-order valence-corrected chi connectivity index (χ4v) is 2.68. The van der Waals surface area contributed by atoms with Crippen molar-refractivity contribution in [3.63, 3.8) is 0 Å². The SMILES string of the molecule is Cc1cc(C)cc(NC(=S)NNC(=S)NC[C@H]2CCCO2)c1. The molecule has 0 radical (unpaired) electrons. The van der Waals surface area contributed by atoms with Crippen LogP contribution in [0.5, 0.6) is 0 Å². The van der Waals surface area contributed by atoms with Gasteiger partial charge in [-0.2, -0.15) is 0 Å². The van der Waals surface area contributed by atoms with Crippen LogP contribution in [-0.2, 0) is 4.74 Å². The van der Waals surface area contributed by atoms with Gasteiger partial charge in [-0.15, -0.1) is 0 Å². The Hall–Kier alpha value is -1.44. The highest BCUT2D eigenvalue weighted by Gasteiger charge is 2.15. The highest BCUT2D eigenvalue weighted by Crippen LogP contribution is 2.13. The number of anilines is 1. The summed E-state index contributed by atoms with van der Waals surface area (Å²) in [4.78, 5) is 0. The van der Waals surface area contributed by atoms with Gasteiger partial charge in [0.25, 0.3) is 0 Å². The predicted octanol–water partition coefficient (Wildman–Crippen LogP) is 2.15. The van der Waals surface area contributed by atoms with Crippen LogP contribution in [0, 0.1) is 13.8 Å². The van der Waals surface area contributed by atoms with Crippen LogP contribution < -0.4 is 21.5 Å². The number of aryl methyl sites for hydroxylation is 2. The highest BCUT2D eigenvalue weighted by molar-refractivity contribution is 7.80. The number of nitrogens with one attached hydrogen (secondary N) is 4. The molecule has 0 aliphatic carbocycles. The molecule has 1 saturated heterocycles. The van der Waals surface area contributed by atoms with Gasteiger partial charge in [0.05, 0.1) is 6.10 Å². The Morgan fingerprint density at radius 2 is 1.82 bits per heavy atom. The summed E-state index contributed by atoms with van der Waals surface area (Å²) in [7, 11) is 0. The maximum absolute atomic E-state index is 5.52. The van der Waals surface area contributed by atoms with Gasteiger partial charge in [0.2, 0.25) is 0 Å². The third kappa shape index (κ3) is 5.75. The third-order valence-corrected chi connectivity index (χ3v) is 3.73. The summed E-state index contributed by atoms with van der Waals surface area (Å²) >= 11 is 10.4. The van der Waals surface area contributed by atoms with E-state index in [0.717, 1.165) is 25.1 Å². The number of hydrogen-bond acceptors (Lipinski definition) is 3. The number of hydrogen-bond donors (Lipinski definition) is 4. The molecule has 0 bridgehead atoms. The smallest absolute Gasteiger partial charge is 0.189 e. The number of thiocarbonyl (C=S) groups is 2. The van der Waals surface area contributed by atoms with Crippen LogP contribution in [-0.4, -0.2) is 29.5 Å². The van der Waals surface area contributed by atoms with Crippen molar-refractivity contribution in [1.82, 2.24) is 16.2 Å². The van der Waals surface area contributed by atoms with E-state index >= 15 is 0 Å². The second kappa shape index (κ2) is 8.26. The first-order valence-corrected chi connectivity index (χ1v) is 8.15. The summed E-state index contributed by atoms with van der Waals surface area (Å²) in [5, 5.41) is 7.19. The van der Waals surface area contributed by atoms with Crippen molar-refractivity contribution in [2.24, 2.45) is 0 Å². The topological polar surface area (TPSA) is 57.3 Å². The zero-order valence-corrected chi connectivity index (χ0v) is 14.5. The van der Waals surface area contributed by atoms with Crippen LogP contribution >= 0.6 is 24.4 Å². The van der Waals surface area contributed by atoms with Gasteiger partial charge in [-0.3, -0.25) is 10.9 Å². The first-order chi connectivity index (χ1) is 10.5. The minimum absolute atomic E-state index is 0.250. The molecule has 0 spiro atoms. The van der Waals surface area contributed by atoms with Crippen LogP contribution in [0.25, 0.3) is 0 Å². The van der Waals surface area contributed by atoms with Crippen LogP contribution in [0.2, 0.25) is 0 Å². The Morgan fingerprint density at radius 1 is 1.14 bits per heavy atom. The van der Waals surface area contributed by atoms with Gasteiger partial charge in [-0.1, -0.05) is 6.07 Å². The average molecular weight is 339 g/mol. The molecular formula is C15H22N4OS2. The van der Waals surface area contributed by atoms with E-state index < -0.39 is 0 Å². The first-order valence-electron chi connectivity index (χ1n) is 7.33. The lowest BCUT2D eigenvalue weighted by Crippen LogP contribution is -2.49. The minimum Gasteiger partial charge on any atom is -0.376 e. The van der Waals surface area contributed by atoms with Crippen molar-refractivity contribution >= 4 is 40.3 Å². The van der Waals surface area contributed by atoms with Gasteiger partial charge in [0, 0.05) is 18.8 Å². The molecular weight excluding hydrogens is 316 g/mol. The van der Waals surface area contributed by atoms with E-state index in [1.165, 1.54) is 11.1 Å². The van der Waals surface area contributed by atoms with Crippen LogP contribution in [0.1, 0.15) is 24.0 Å². The lowest BCUT2D eigenvalue weighted by molar-refractivity contribution is 0.114. The summed E-state index contributed by atoms with van der Waals surface area (Å²) in [6.07, 6.45) is 2.45. The normalized spacial score (nSPS) is 16.9. The Bertz CT molecular complexity index is 524. The van der Waals surface area contributed by atoms with Crippen molar-refractivity contribution in [3.05, 3.63) is 29.3 Å². The standard InChI is InChI=1S/C15H22N4OS2/c1-10-6-11(2)8-12(7-10)17-15(22)19-18-14(21)16-9-13-4-3-5-20-13/h6-8,13H,3-5,9H2,1-2H3,(H2,16,18,21)(H2,17,19,22)/t13-/m1/s1. The Kier molecular flexibility index (Phi) is 6.35. The molecule has 4 N–H and O–H groups in total. The van der Waals surface area contributed by atoms with E-state index in [4.69, 9.17) is 29.2 Å². The molecule has 1 fully saturated rings. The molecule has 120 valence electrons. The van der Waals surface area contributed by atoms with Crippen molar-refractivity contribution in [1.29, 1.82) is 0 Å². The molecule has 1 atom stereocenters. The fraction of sp³-hybridized carbons (Fsp3) is 0.467. The second-order valence-corrected chi connectivity index (χ2v) is 6.24. The summed E-state index contributed by atoms with van der Waals surface area (Å²) in [6, 6.07) is 6.19. The molecule has 1 aliphatic heterocycles. The van der Waals surface area contributed by atoms with E-state index in [1.54, 1.807) is 0 Å². The van der Waals surface area contributed by atoms with Gasteiger partial charge in [-0.25, -0.2) is 0 Å². The van der Waals surface area contributed by atoms with Crippen molar-refractivity contribution in [3.8, 4) is 0 Å². The van der Waals surface area contributed by atoms with E-state index in [9.17, 15) is 0 Å². The van der Waals surface area contributed by atoms with Crippen molar-refractivity contribution < 1.29 is 4.74 Å². The Labute approximate surface area is 142 Å². The Morgan fingerprint density at radius 3 is 2.45 bits per heavy atom. The molecule has 0 unspecified atom stereocenters. The zero-order valence-electron chi connectivity index (χ0n) is 12.9. The molecule has 0 saturated carbocycles. The predicted molar refractivity (Wildman–Crippen MR) is 98.0 cm³/mol. The summed E-state index contributed by atoms with van der Waals surface area (Å²) in [5.74, 6) is 0. The van der Waals surface area contributed by atoms with Crippen LogP contribution in [0.3, 0.4) is 0 Å². The number of hydrazine groups is 1. The first kappa shape index (κ1) is 16.9. The highest BCUT2D eigenvalue weighted by atomic mass is 32.1.